The van der Waals surface area contributed by atoms with Crippen LogP contribution >= 0.6 is 35.6 Å². The molecule has 1 aliphatic heterocycles. The summed E-state index contributed by atoms with van der Waals surface area (Å²) < 4.78 is 0. The number of nitrogens with one attached hydrogen (secondary N) is 2. The Balaban J connectivity index is 0.00000320. The second-order valence-electron chi connectivity index (χ2n) is 6.52. The van der Waals surface area contributed by atoms with Crippen LogP contribution in [0.1, 0.15) is 17.3 Å². The number of rotatable bonds is 6. The zero-order valence-corrected chi connectivity index (χ0v) is 20.0. The van der Waals surface area contributed by atoms with Crippen molar-refractivity contribution in [1.29, 1.82) is 0 Å². The highest BCUT2D eigenvalue weighted by Gasteiger charge is 2.20. The Bertz CT molecular complexity index is 812. The molecule has 2 aromatic rings. The van der Waals surface area contributed by atoms with Crippen LogP contribution in [0.2, 0.25) is 5.02 Å². The van der Waals surface area contributed by atoms with Gasteiger partial charge < -0.3 is 20.4 Å². The van der Waals surface area contributed by atoms with Crippen molar-refractivity contribution in [3.05, 3.63) is 53.3 Å². The highest BCUT2D eigenvalue weighted by molar-refractivity contribution is 14.0. The molecule has 0 unspecified atom stereocenters. The molecule has 0 bridgehead atoms. The van der Waals surface area contributed by atoms with Crippen LogP contribution < -0.4 is 15.5 Å². The fraction of sp³-hybridized carbons (Fsp3) is 0.400. The van der Waals surface area contributed by atoms with Crippen molar-refractivity contribution >= 4 is 53.4 Å². The van der Waals surface area contributed by atoms with Crippen molar-refractivity contribution in [3.8, 4) is 0 Å². The number of carbonyl (C=O) groups is 1. The molecule has 1 aromatic heterocycles. The normalized spacial score (nSPS) is 14.1. The van der Waals surface area contributed by atoms with E-state index in [2.05, 4.69) is 35.4 Å². The molecule has 10 heteroatoms. The van der Waals surface area contributed by atoms with Gasteiger partial charge in [-0.25, -0.2) is 9.97 Å². The maximum absolute atomic E-state index is 12.2. The van der Waals surface area contributed by atoms with Gasteiger partial charge in [0.25, 0.3) is 5.91 Å². The number of aliphatic imine (C=N–C) groups is 1. The van der Waals surface area contributed by atoms with Gasteiger partial charge in [0.2, 0.25) is 5.95 Å². The fourth-order valence-electron chi connectivity index (χ4n) is 3.03. The van der Waals surface area contributed by atoms with Gasteiger partial charge in [0, 0.05) is 62.2 Å². The van der Waals surface area contributed by atoms with E-state index >= 15 is 0 Å². The molecular formula is C20H27ClIN7O. The number of anilines is 1. The summed E-state index contributed by atoms with van der Waals surface area (Å²) in [7, 11) is 0. The maximum Gasteiger partial charge on any atom is 0.251 e. The second-order valence-corrected chi connectivity index (χ2v) is 6.96. The molecule has 0 radical (unpaired) electrons. The smallest absolute Gasteiger partial charge is 0.251 e. The summed E-state index contributed by atoms with van der Waals surface area (Å²) in [5.41, 5.74) is 0.588. The van der Waals surface area contributed by atoms with Gasteiger partial charge in [0.1, 0.15) is 0 Å². The van der Waals surface area contributed by atoms with Crippen molar-refractivity contribution in [1.82, 2.24) is 25.5 Å². The Labute approximate surface area is 199 Å². The number of benzene rings is 1. The largest absolute Gasteiger partial charge is 0.357 e. The van der Waals surface area contributed by atoms with Crippen molar-refractivity contribution < 1.29 is 4.79 Å². The van der Waals surface area contributed by atoms with E-state index in [1.165, 1.54) is 0 Å². The minimum absolute atomic E-state index is 0. The lowest BCUT2D eigenvalue weighted by Crippen LogP contribution is -2.53. The minimum Gasteiger partial charge on any atom is -0.357 e. The number of piperazine rings is 1. The number of nitrogens with zero attached hydrogens (tertiary/aromatic N) is 5. The molecule has 1 amide bonds. The van der Waals surface area contributed by atoms with Crippen LogP contribution in [-0.4, -0.2) is 72.5 Å². The average molecular weight is 544 g/mol. The monoisotopic (exact) mass is 543 g/mol. The summed E-state index contributed by atoms with van der Waals surface area (Å²) in [6.45, 7) is 7.15. The van der Waals surface area contributed by atoms with E-state index < -0.39 is 0 Å². The molecular weight excluding hydrogens is 517 g/mol. The van der Waals surface area contributed by atoms with Gasteiger partial charge in [0.15, 0.2) is 5.96 Å². The number of hydrogen-bond acceptors (Lipinski definition) is 5. The predicted molar refractivity (Wildman–Crippen MR) is 131 cm³/mol. The number of carbonyl (C=O) groups excluding carboxylic acids is 1. The summed E-state index contributed by atoms with van der Waals surface area (Å²) in [5, 5.41) is 6.83. The zero-order valence-electron chi connectivity index (χ0n) is 16.9. The second kappa shape index (κ2) is 12.5. The third-order valence-corrected chi connectivity index (χ3v) is 4.77. The summed E-state index contributed by atoms with van der Waals surface area (Å²) in [6, 6.07) is 8.65. The molecule has 30 heavy (non-hydrogen) atoms. The topological polar surface area (TPSA) is 85.8 Å². The highest BCUT2D eigenvalue weighted by atomic mass is 127. The van der Waals surface area contributed by atoms with Crippen LogP contribution in [-0.2, 0) is 0 Å². The van der Waals surface area contributed by atoms with Crippen molar-refractivity contribution in [2.45, 2.75) is 6.92 Å². The Hall–Kier alpha value is -2.14. The van der Waals surface area contributed by atoms with E-state index in [4.69, 9.17) is 11.6 Å². The van der Waals surface area contributed by atoms with Crippen LogP contribution in [0.15, 0.2) is 47.7 Å². The quantitative estimate of drug-likeness (QED) is 0.252. The molecule has 0 saturated carbocycles. The standard InChI is InChI=1S/C20H26ClN7O.HI/c1-2-22-19(26-11-10-23-18(29)16-4-6-17(21)7-5-16)27-12-14-28(15-13-27)20-24-8-3-9-25-20;/h3-9H,2,10-15H2,1H3,(H,22,26)(H,23,29);1H. The van der Waals surface area contributed by atoms with Gasteiger partial charge in [0.05, 0.1) is 6.54 Å². The number of amides is 1. The Morgan fingerprint density at radius 3 is 2.40 bits per heavy atom. The molecule has 3 rings (SSSR count). The van der Waals surface area contributed by atoms with Crippen LogP contribution in [0.3, 0.4) is 0 Å². The third-order valence-electron chi connectivity index (χ3n) is 4.51. The first-order valence-electron chi connectivity index (χ1n) is 9.76. The first-order valence-corrected chi connectivity index (χ1v) is 10.1. The Morgan fingerprint density at radius 2 is 1.77 bits per heavy atom. The third kappa shape index (κ3) is 6.98. The molecule has 162 valence electrons. The Kier molecular flexibility index (Phi) is 10.1. The van der Waals surface area contributed by atoms with Crippen molar-refractivity contribution in [2.75, 3.05) is 50.7 Å². The van der Waals surface area contributed by atoms with Crippen molar-refractivity contribution in [3.63, 3.8) is 0 Å². The van der Waals surface area contributed by atoms with E-state index in [1.54, 1.807) is 36.7 Å². The number of hydrogen-bond donors (Lipinski definition) is 2. The predicted octanol–water partition coefficient (Wildman–Crippen LogP) is 2.27. The van der Waals surface area contributed by atoms with E-state index in [-0.39, 0.29) is 29.9 Å². The summed E-state index contributed by atoms with van der Waals surface area (Å²) in [6.07, 6.45) is 3.52. The highest BCUT2D eigenvalue weighted by Crippen LogP contribution is 2.10. The molecule has 2 N–H and O–H groups in total. The van der Waals surface area contributed by atoms with Crippen LogP contribution in [0.4, 0.5) is 5.95 Å². The molecule has 2 heterocycles. The van der Waals surface area contributed by atoms with E-state index in [9.17, 15) is 4.79 Å². The number of halogens is 2. The molecule has 0 atom stereocenters. The van der Waals surface area contributed by atoms with Gasteiger partial charge in [-0.2, -0.15) is 0 Å². The minimum atomic E-state index is -0.127. The van der Waals surface area contributed by atoms with Crippen LogP contribution in [0, 0.1) is 0 Å². The molecule has 0 aliphatic carbocycles. The molecule has 0 spiro atoms. The molecule has 1 saturated heterocycles. The fourth-order valence-corrected chi connectivity index (χ4v) is 3.16. The summed E-state index contributed by atoms with van der Waals surface area (Å²) in [5.74, 6) is 1.50. The lowest BCUT2D eigenvalue weighted by molar-refractivity contribution is 0.0955. The van der Waals surface area contributed by atoms with Crippen molar-refractivity contribution in [2.24, 2.45) is 4.99 Å². The van der Waals surface area contributed by atoms with E-state index in [0.717, 1.165) is 44.6 Å². The lowest BCUT2D eigenvalue weighted by atomic mass is 10.2. The molecule has 1 aliphatic rings. The summed E-state index contributed by atoms with van der Waals surface area (Å²) in [4.78, 5) is 29.8. The number of aromatic nitrogens is 2. The first-order chi connectivity index (χ1) is 14.2. The zero-order chi connectivity index (χ0) is 20.5. The van der Waals surface area contributed by atoms with E-state index in [1.807, 2.05) is 13.0 Å². The number of guanidine groups is 1. The maximum atomic E-state index is 12.2. The molecule has 8 nitrogen and oxygen atoms in total. The Morgan fingerprint density at radius 1 is 1.10 bits per heavy atom. The van der Waals surface area contributed by atoms with Gasteiger partial charge in [-0.1, -0.05) is 11.6 Å². The van der Waals surface area contributed by atoms with Gasteiger partial charge in [-0.3, -0.25) is 9.79 Å². The molecule has 1 fully saturated rings. The SMILES string of the molecule is CCNC(=NCCNC(=O)c1ccc(Cl)cc1)N1CCN(c2ncccn2)CC1.I. The van der Waals surface area contributed by atoms with Crippen LogP contribution in [0.5, 0.6) is 0 Å². The van der Waals surface area contributed by atoms with Crippen LogP contribution in [0.25, 0.3) is 0 Å². The van der Waals surface area contributed by atoms with Gasteiger partial charge in [-0.15, -0.1) is 24.0 Å². The van der Waals surface area contributed by atoms with E-state index in [0.29, 0.717) is 23.7 Å². The summed E-state index contributed by atoms with van der Waals surface area (Å²) >= 11 is 5.85. The van der Waals surface area contributed by atoms with Gasteiger partial charge >= 0.3 is 0 Å². The first kappa shape index (κ1) is 24.1. The average Bonchev–Trinajstić information content (AvgIpc) is 2.77. The lowest BCUT2D eigenvalue weighted by Gasteiger charge is -2.36. The van der Waals surface area contributed by atoms with Gasteiger partial charge in [-0.05, 0) is 37.3 Å². The molecule has 1 aromatic carbocycles.